The van der Waals surface area contributed by atoms with Crippen molar-refractivity contribution in [1.29, 1.82) is 0 Å². The van der Waals surface area contributed by atoms with Crippen LogP contribution < -0.4 is 16.4 Å². The first-order valence-electron chi connectivity index (χ1n) is 4.82. The van der Waals surface area contributed by atoms with E-state index in [4.69, 9.17) is 5.73 Å². The standard InChI is InChI=1S/C9H22N3/c1-2-3-4-6-11-7-5-8-12-9-10/h11-12H,1-10H2. The van der Waals surface area contributed by atoms with Gasteiger partial charge >= 0.3 is 0 Å². The zero-order valence-corrected chi connectivity index (χ0v) is 7.94. The molecule has 12 heavy (non-hydrogen) atoms. The van der Waals surface area contributed by atoms with Crippen LogP contribution in [0.25, 0.3) is 0 Å². The molecule has 0 rings (SSSR count). The molecule has 4 N–H and O–H groups in total. The zero-order chi connectivity index (χ0) is 9.07. The van der Waals surface area contributed by atoms with Gasteiger partial charge in [-0.1, -0.05) is 19.8 Å². The lowest BCUT2D eigenvalue weighted by molar-refractivity contribution is 0.580. The van der Waals surface area contributed by atoms with Gasteiger partial charge in [0.2, 0.25) is 0 Å². The fourth-order valence-corrected chi connectivity index (χ4v) is 0.992. The van der Waals surface area contributed by atoms with Crippen molar-refractivity contribution >= 4 is 0 Å². The molecule has 0 heterocycles. The molecule has 3 nitrogen and oxygen atoms in total. The van der Waals surface area contributed by atoms with Crippen LogP contribution in [0.1, 0.15) is 25.7 Å². The third-order valence-corrected chi connectivity index (χ3v) is 1.70. The maximum absolute atomic E-state index is 5.27. The number of nitrogens with two attached hydrogens (primary N) is 1. The van der Waals surface area contributed by atoms with Gasteiger partial charge in [-0.25, -0.2) is 0 Å². The van der Waals surface area contributed by atoms with E-state index in [2.05, 4.69) is 17.6 Å². The minimum Gasteiger partial charge on any atom is -0.318 e. The second kappa shape index (κ2) is 10.9. The van der Waals surface area contributed by atoms with Gasteiger partial charge in [-0.15, -0.1) is 0 Å². The number of hydrogen-bond acceptors (Lipinski definition) is 3. The normalized spacial score (nSPS) is 10.5. The molecule has 0 fully saturated rings. The lowest BCUT2D eigenvalue weighted by atomic mass is 10.2. The second-order valence-corrected chi connectivity index (χ2v) is 2.87. The highest BCUT2D eigenvalue weighted by molar-refractivity contribution is 4.51. The molecule has 0 aliphatic rings. The fourth-order valence-electron chi connectivity index (χ4n) is 0.992. The van der Waals surface area contributed by atoms with Crippen LogP contribution in [0.15, 0.2) is 0 Å². The summed E-state index contributed by atoms with van der Waals surface area (Å²) in [6, 6.07) is 0. The first-order valence-corrected chi connectivity index (χ1v) is 4.82. The van der Waals surface area contributed by atoms with E-state index in [1.807, 2.05) is 0 Å². The summed E-state index contributed by atoms with van der Waals surface area (Å²) in [6.07, 6.45) is 4.68. The first-order chi connectivity index (χ1) is 5.91. The van der Waals surface area contributed by atoms with Gasteiger partial charge in [-0.3, -0.25) is 0 Å². The molecule has 3 heteroatoms. The number of unbranched alkanes of at least 4 members (excludes halogenated alkanes) is 2. The van der Waals surface area contributed by atoms with Gasteiger partial charge in [-0.05, 0) is 32.5 Å². The Morgan fingerprint density at radius 2 is 1.58 bits per heavy atom. The molecule has 1 radical (unpaired) electrons. The number of rotatable bonds is 9. The minimum absolute atomic E-state index is 0.585. The van der Waals surface area contributed by atoms with Crippen molar-refractivity contribution in [2.45, 2.75) is 25.7 Å². The van der Waals surface area contributed by atoms with E-state index in [0.29, 0.717) is 6.67 Å². The van der Waals surface area contributed by atoms with Gasteiger partial charge in [0.25, 0.3) is 0 Å². The van der Waals surface area contributed by atoms with Crippen molar-refractivity contribution in [3.8, 4) is 0 Å². The van der Waals surface area contributed by atoms with Gasteiger partial charge in [0.1, 0.15) is 0 Å². The van der Waals surface area contributed by atoms with Crippen LogP contribution >= 0.6 is 0 Å². The summed E-state index contributed by atoms with van der Waals surface area (Å²) in [6.45, 7) is 7.60. The molecule has 0 aliphatic heterocycles. The second-order valence-electron chi connectivity index (χ2n) is 2.87. The average Bonchev–Trinajstić information content (AvgIpc) is 2.10. The topological polar surface area (TPSA) is 50.1 Å². The largest absolute Gasteiger partial charge is 0.318 e. The Morgan fingerprint density at radius 3 is 2.25 bits per heavy atom. The van der Waals surface area contributed by atoms with Crippen molar-refractivity contribution < 1.29 is 0 Å². The molecular formula is C9H22N3. The summed E-state index contributed by atoms with van der Waals surface area (Å²) < 4.78 is 0. The van der Waals surface area contributed by atoms with Gasteiger partial charge in [0.15, 0.2) is 0 Å². The van der Waals surface area contributed by atoms with Crippen molar-refractivity contribution in [3.05, 3.63) is 6.92 Å². The van der Waals surface area contributed by atoms with E-state index in [1.165, 1.54) is 12.8 Å². The van der Waals surface area contributed by atoms with Gasteiger partial charge in [0, 0.05) is 6.67 Å². The summed E-state index contributed by atoms with van der Waals surface area (Å²) in [5.74, 6) is 0. The Kier molecular flexibility index (Phi) is 10.8. The molecule has 0 bridgehead atoms. The van der Waals surface area contributed by atoms with Crippen LogP contribution in [0.4, 0.5) is 0 Å². The smallest absolute Gasteiger partial charge is 0.0428 e. The molecular weight excluding hydrogens is 150 g/mol. The highest BCUT2D eigenvalue weighted by Crippen LogP contribution is 1.90. The first kappa shape index (κ1) is 11.9. The van der Waals surface area contributed by atoms with Crippen molar-refractivity contribution in [2.75, 3.05) is 26.3 Å². The summed E-state index contributed by atoms with van der Waals surface area (Å²) in [7, 11) is 0. The lowest BCUT2D eigenvalue weighted by Gasteiger charge is -2.03. The molecule has 73 valence electrons. The maximum Gasteiger partial charge on any atom is 0.0428 e. The Labute approximate surface area is 76.1 Å². The molecule has 0 aromatic carbocycles. The van der Waals surface area contributed by atoms with Crippen molar-refractivity contribution in [1.82, 2.24) is 10.6 Å². The van der Waals surface area contributed by atoms with Crippen LogP contribution in [0.5, 0.6) is 0 Å². The summed E-state index contributed by atoms with van der Waals surface area (Å²) >= 11 is 0. The van der Waals surface area contributed by atoms with Gasteiger partial charge in [0.05, 0.1) is 0 Å². The summed E-state index contributed by atoms with van der Waals surface area (Å²) in [4.78, 5) is 0. The summed E-state index contributed by atoms with van der Waals surface area (Å²) in [5, 5.41) is 6.45. The Balaban J connectivity index is 2.73. The third-order valence-electron chi connectivity index (χ3n) is 1.70. The third kappa shape index (κ3) is 9.88. The van der Waals surface area contributed by atoms with E-state index in [-0.39, 0.29) is 0 Å². The molecule has 0 aromatic rings. The molecule has 0 amide bonds. The predicted molar refractivity (Wildman–Crippen MR) is 53.8 cm³/mol. The van der Waals surface area contributed by atoms with Crippen LogP contribution in [-0.4, -0.2) is 26.3 Å². The quantitative estimate of drug-likeness (QED) is 0.350. The fraction of sp³-hybridized carbons (Fsp3) is 0.889. The molecule has 0 aliphatic carbocycles. The summed E-state index contributed by atoms with van der Waals surface area (Å²) in [5.41, 5.74) is 5.27. The number of nitrogens with one attached hydrogen (secondary N) is 2. The molecule has 0 atom stereocenters. The van der Waals surface area contributed by atoms with E-state index in [9.17, 15) is 0 Å². The van der Waals surface area contributed by atoms with E-state index in [0.717, 1.165) is 32.5 Å². The average molecular weight is 172 g/mol. The van der Waals surface area contributed by atoms with Crippen LogP contribution in [0.3, 0.4) is 0 Å². The van der Waals surface area contributed by atoms with Crippen LogP contribution in [0.2, 0.25) is 0 Å². The highest BCUT2D eigenvalue weighted by Gasteiger charge is 1.87. The molecule has 0 saturated heterocycles. The molecule has 0 unspecified atom stereocenters. The highest BCUT2D eigenvalue weighted by atomic mass is 15.0. The van der Waals surface area contributed by atoms with Crippen molar-refractivity contribution in [2.24, 2.45) is 5.73 Å². The van der Waals surface area contributed by atoms with Gasteiger partial charge < -0.3 is 16.4 Å². The molecule has 0 saturated carbocycles. The Morgan fingerprint density at radius 1 is 0.917 bits per heavy atom. The molecule has 0 spiro atoms. The van der Waals surface area contributed by atoms with Crippen LogP contribution in [0, 0.1) is 6.92 Å². The van der Waals surface area contributed by atoms with Crippen LogP contribution in [-0.2, 0) is 0 Å². The van der Waals surface area contributed by atoms with E-state index >= 15 is 0 Å². The number of hydrogen-bond donors (Lipinski definition) is 3. The lowest BCUT2D eigenvalue weighted by Crippen LogP contribution is -2.26. The Hall–Kier alpha value is -0.120. The van der Waals surface area contributed by atoms with E-state index in [1.54, 1.807) is 0 Å². The maximum atomic E-state index is 5.27. The van der Waals surface area contributed by atoms with Gasteiger partial charge in [-0.2, -0.15) is 0 Å². The van der Waals surface area contributed by atoms with Crippen molar-refractivity contribution in [3.63, 3.8) is 0 Å². The monoisotopic (exact) mass is 172 g/mol. The molecule has 0 aromatic heterocycles. The zero-order valence-electron chi connectivity index (χ0n) is 7.94. The minimum atomic E-state index is 0.585. The van der Waals surface area contributed by atoms with E-state index < -0.39 is 0 Å². The predicted octanol–water partition coefficient (Wildman–Crippen LogP) is 0.476. The Bertz CT molecular complexity index is 66.2. The SMILES string of the molecule is [CH2]CCCCNCCCNCN.